The van der Waals surface area contributed by atoms with Gasteiger partial charge in [0.15, 0.2) is 0 Å². The van der Waals surface area contributed by atoms with Crippen LogP contribution in [0.3, 0.4) is 0 Å². The van der Waals surface area contributed by atoms with Gasteiger partial charge in [-0.1, -0.05) is 45.7 Å². The van der Waals surface area contributed by atoms with E-state index in [1.54, 1.807) is 24.3 Å². The van der Waals surface area contributed by atoms with Gasteiger partial charge in [0.05, 0.1) is 36.9 Å². The van der Waals surface area contributed by atoms with E-state index < -0.39 is 47.2 Å². The van der Waals surface area contributed by atoms with Crippen LogP contribution in [0.1, 0.15) is 99.3 Å². The number of rotatable bonds is 14. The summed E-state index contributed by atoms with van der Waals surface area (Å²) in [5.74, 6) is -4.75. The van der Waals surface area contributed by atoms with Crippen molar-refractivity contribution in [2.24, 2.45) is 11.3 Å². The highest BCUT2D eigenvalue weighted by Gasteiger charge is 2.28. The van der Waals surface area contributed by atoms with Crippen LogP contribution in [0, 0.1) is 11.3 Å². The first kappa shape index (κ1) is 44.7. The number of carbonyl (C=O) groups is 7. The smallest absolute Gasteiger partial charge is 0.346 e. The first-order valence-electron chi connectivity index (χ1n) is 15.0. The van der Waals surface area contributed by atoms with Crippen molar-refractivity contribution in [2.75, 3.05) is 19.8 Å². The predicted octanol–water partition coefficient (Wildman–Crippen LogP) is 2.99. The molecule has 1 aromatic carbocycles. The minimum Gasteiger partial charge on any atom is -0.481 e. The molecule has 0 spiro atoms. The number of carboxylic acid groups (broad SMARTS) is 3. The number of cyclic esters (lactones) is 4. The van der Waals surface area contributed by atoms with Crippen LogP contribution >= 0.6 is 0 Å². The molecular weight excluding hydrogens is 624 g/mol. The van der Waals surface area contributed by atoms with Crippen LogP contribution in [0.4, 0.5) is 0 Å². The fraction of sp³-hybridized carbons (Fsp3) is 0.531. The van der Waals surface area contributed by atoms with E-state index in [9.17, 15) is 33.6 Å². The number of aliphatic hydroxyl groups excluding tert-OH is 3. The Kier molecular flexibility index (Phi) is 24.4. The predicted molar refractivity (Wildman–Crippen MR) is 165 cm³/mol. The molecule has 2 heterocycles. The number of unbranched alkanes of at least 4 members (excludes halogenated alkanes) is 2. The van der Waals surface area contributed by atoms with Gasteiger partial charge in [0, 0.05) is 30.4 Å². The van der Waals surface area contributed by atoms with E-state index in [2.05, 4.69) is 16.4 Å². The molecule has 0 saturated heterocycles. The van der Waals surface area contributed by atoms with E-state index in [0.29, 0.717) is 30.4 Å². The van der Waals surface area contributed by atoms with Gasteiger partial charge in [-0.3, -0.25) is 14.4 Å². The number of esters is 4. The normalized spacial score (nSPS) is 13.1. The Hall–Kier alpha value is -4.47. The molecule has 2 aliphatic heterocycles. The number of hydrogen-bond acceptors (Lipinski definition) is 12. The molecule has 3 rings (SSSR count). The van der Waals surface area contributed by atoms with E-state index in [-0.39, 0.29) is 38.6 Å². The van der Waals surface area contributed by atoms with Crippen molar-refractivity contribution in [3.63, 3.8) is 0 Å². The van der Waals surface area contributed by atoms with Crippen LogP contribution < -0.4 is 0 Å². The summed E-state index contributed by atoms with van der Waals surface area (Å²) in [5, 5.41) is 50.8. The van der Waals surface area contributed by atoms with Crippen molar-refractivity contribution in [3.05, 3.63) is 47.5 Å². The molecule has 47 heavy (non-hydrogen) atoms. The Labute approximate surface area is 272 Å². The molecule has 0 aliphatic carbocycles. The van der Waals surface area contributed by atoms with Crippen LogP contribution in [0.2, 0.25) is 0 Å². The van der Waals surface area contributed by atoms with Crippen LogP contribution in [-0.4, -0.2) is 92.2 Å². The molecule has 0 saturated carbocycles. The summed E-state index contributed by atoms with van der Waals surface area (Å²) >= 11 is 0. The molecule has 15 heteroatoms. The summed E-state index contributed by atoms with van der Waals surface area (Å²) in [6, 6.07) is 6.53. The average Bonchev–Trinajstić information content (AvgIpc) is 3.57. The number of carbonyl (C=O) groups excluding carboxylic acids is 4. The van der Waals surface area contributed by atoms with Gasteiger partial charge in [0.1, 0.15) is 0 Å². The molecule has 1 aromatic rings. The van der Waals surface area contributed by atoms with E-state index in [4.69, 9.17) is 30.6 Å². The summed E-state index contributed by atoms with van der Waals surface area (Å²) in [5.41, 5.74) is 0.0509. The lowest BCUT2D eigenvalue weighted by Gasteiger charge is -2.24. The van der Waals surface area contributed by atoms with Crippen molar-refractivity contribution < 1.29 is 73.7 Å². The third-order valence-corrected chi connectivity index (χ3v) is 6.64. The van der Waals surface area contributed by atoms with E-state index in [0.717, 1.165) is 37.8 Å². The molecule has 0 amide bonds. The number of fused-ring (bicyclic) bond motifs is 1. The Balaban J connectivity index is 0. The topological polar surface area (TPSA) is 259 Å². The SMILES string of the molecule is CCC(CO)(CO)CO.CCCCC(CC)C(=O)O.O=C(O)CCCCC(=O)O.O=C1C=CC(=O)O1.O=C1OC(=O)c2ccccc21. The summed E-state index contributed by atoms with van der Waals surface area (Å²) in [7, 11) is 0. The zero-order valence-electron chi connectivity index (χ0n) is 26.9. The van der Waals surface area contributed by atoms with Gasteiger partial charge in [-0.15, -0.1) is 0 Å². The Bertz CT molecular complexity index is 1100. The van der Waals surface area contributed by atoms with Gasteiger partial charge in [-0.25, -0.2) is 19.2 Å². The summed E-state index contributed by atoms with van der Waals surface area (Å²) < 4.78 is 8.33. The van der Waals surface area contributed by atoms with Crippen molar-refractivity contribution in [2.45, 2.75) is 78.6 Å². The lowest BCUT2D eigenvalue weighted by Crippen LogP contribution is -2.32. The second kappa shape index (κ2) is 25.7. The quantitative estimate of drug-likeness (QED) is 0.0944. The third kappa shape index (κ3) is 20.3. The van der Waals surface area contributed by atoms with Crippen molar-refractivity contribution in [3.8, 4) is 0 Å². The van der Waals surface area contributed by atoms with Gasteiger partial charge >= 0.3 is 41.8 Å². The minimum atomic E-state index is -0.870. The number of carboxylic acids is 3. The summed E-state index contributed by atoms with van der Waals surface area (Å²) in [6.07, 6.45) is 7.50. The zero-order valence-corrected chi connectivity index (χ0v) is 26.9. The first-order chi connectivity index (χ1) is 22.2. The molecule has 0 fully saturated rings. The van der Waals surface area contributed by atoms with E-state index >= 15 is 0 Å². The standard InChI is InChI=1S/C8H4O3.C8H16O2.C6H10O4.C6H14O3.C4H2O3/c9-7-5-3-1-2-4-6(5)8(10)11-7;1-3-5-6-7(4-2)8(9)10;7-5(8)3-1-2-4-6(9)10;1-2-6(3-7,4-8)5-9;5-3-1-2-4(6)7-3/h1-4H;7H,3-6H2,1-2H3,(H,9,10);1-4H2,(H,7,8)(H,9,10);7-9H,2-5H2,1H3;1-2H. The van der Waals surface area contributed by atoms with Crippen LogP contribution in [0.5, 0.6) is 0 Å². The lowest BCUT2D eigenvalue weighted by molar-refractivity contribution is -0.150. The maximum absolute atomic E-state index is 10.8. The highest BCUT2D eigenvalue weighted by atomic mass is 16.6. The van der Waals surface area contributed by atoms with Crippen molar-refractivity contribution >= 4 is 41.8 Å². The van der Waals surface area contributed by atoms with Gasteiger partial charge in [0.2, 0.25) is 0 Å². The number of benzene rings is 1. The van der Waals surface area contributed by atoms with E-state index in [1.165, 1.54) is 0 Å². The maximum atomic E-state index is 10.8. The van der Waals surface area contributed by atoms with Crippen LogP contribution in [0.15, 0.2) is 36.4 Å². The monoisotopic (exact) mass is 670 g/mol. The fourth-order valence-corrected chi connectivity index (χ4v) is 3.33. The molecule has 6 N–H and O–H groups in total. The molecule has 1 unspecified atom stereocenters. The van der Waals surface area contributed by atoms with Gasteiger partial charge in [0.25, 0.3) is 0 Å². The molecule has 264 valence electrons. The summed E-state index contributed by atoms with van der Waals surface area (Å²) in [4.78, 5) is 71.7. The highest BCUT2D eigenvalue weighted by Crippen LogP contribution is 2.19. The molecule has 15 nitrogen and oxygen atoms in total. The average molecular weight is 671 g/mol. The minimum absolute atomic E-state index is 0.0628. The second-order valence-electron chi connectivity index (χ2n) is 10.2. The molecule has 0 radical (unpaired) electrons. The highest BCUT2D eigenvalue weighted by molar-refractivity contribution is 6.14. The van der Waals surface area contributed by atoms with Crippen LogP contribution in [0.25, 0.3) is 0 Å². The largest absolute Gasteiger partial charge is 0.481 e. The Morgan fingerprint density at radius 2 is 1.13 bits per heavy atom. The van der Waals surface area contributed by atoms with Gasteiger partial charge in [-0.05, 0) is 44.2 Å². The summed E-state index contributed by atoms with van der Waals surface area (Å²) in [6.45, 7) is 5.36. The molecular formula is C32H46O15. The van der Waals surface area contributed by atoms with Gasteiger partial charge in [-0.2, -0.15) is 0 Å². The lowest BCUT2D eigenvalue weighted by atomic mass is 9.88. The maximum Gasteiger partial charge on any atom is 0.346 e. The number of ether oxygens (including phenoxy) is 2. The molecule has 1 atom stereocenters. The number of aliphatic carboxylic acids is 3. The van der Waals surface area contributed by atoms with Crippen LogP contribution in [-0.2, 0) is 33.4 Å². The Morgan fingerprint density at radius 1 is 0.702 bits per heavy atom. The number of aliphatic hydroxyl groups is 3. The Morgan fingerprint density at radius 3 is 1.36 bits per heavy atom. The fourth-order valence-electron chi connectivity index (χ4n) is 3.33. The second-order valence-corrected chi connectivity index (χ2v) is 10.2. The van der Waals surface area contributed by atoms with Crippen molar-refractivity contribution in [1.82, 2.24) is 0 Å². The first-order valence-corrected chi connectivity index (χ1v) is 15.0. The zero-order chi connectivity index (χ0) is 36.4. The molecule has 0 aromatic heterocycles. The van der Waals surface area contributed by atoms with Crippen molar-refractivity contribution in [1.29, 1.82) is 0 Å². The molecule has 2 aliphatic rings. The molecule has 0 bridgehead atoms. The third-order valence-electron chi connectivity index (χ3n) is 6.64. The van der Waals surface area contributed by atoms with E-state index in [1.807, 2.05) is 13.8 Å². The van der Waals surface area contributed by atoms with Gasteiger partial charge < -0.3 is 40.1 Å². The number of hydrogen-bond donors (Lipinski definition) is 6.